The number of H-pyrrole nitrogens is 2. The molecule has 0 radical (unpaired) electrons. The van der Waals surface area contributed by atoms with Crippen LogP contribution >= 0.6 is 0 Å². The Labute approximate surface area is 289 Å². The van der Waals surface area contributed by atoms with Gasteiger partial charge in [0.15, 0.2) is 0 Å². The van der Waals surface area contributed by atoms with E-state index >= 15 is 0 Å². The first-order valence-corrected chi connectivity index (χ1v) is 9.41. The molecule has 162 valence electrons. The second-order valence-corrected chi connectivity index (χ2v) is 6.94. The third-order valence-electron chi connectivity index (χ3n) is 4.77. The number of nitrogens with two attached hydrogens (primary N) is 1. The summed E-state index contributed by atoms with van der Waals surface area (Å²) in [5.74, 6) is -3.62. The molecular formula is C20H19N5Na4O6+2. The van der Waals surface area contributed by atoms with E-state index in [9.17, 15) is 29.4 Å². The van der Waals surface area contributed by atoms with Crippen LogP contribution in [0.4, 0.5) is 5.95 Å². The Balaban J connectivity index is 0. The Morgan fingerprint density at radius 3 is 2.23 bits per heavy atom. The molecule has 1 aromatic carbocycles. The first-order valence-electron chi connectivity index (χ1n) is 9.41. The summed E-state index contributed by atoms with van der Waals surface area (Å²) < 4.78 is 0. The minimum atomic E-state index is -1.57. The number of nitrogen functional groups attached to an aromatic ring is 1. The summed E-state index contributed by atoms with van der Waals surface area (Å²) in [6, 6.07) is 5.03. The number of rotatable bonds is 9. The number of hydrogen-bond donors (Lipinski definition) is 4. The third-order valence-corrected chi connectivity index (χ3v) is 4.77. The summed E-state index contributed by atoms with van der Waals surface area (Å²) >= 11 is 0. The average molecular weight is 517 g/mol. The van der Waals surface area contributed by atoms with Gasteiger partial charge in [0.2, 0.25) is 5.95 Å². The van der Waals surface area contributed by atoms with Gasteiger partial charge >= 0.3 is 118 Å². The molecular weight excluding hydrogens is 498 g/mol. The van der Waals surface area contributed by atoms with Gasteiger partial charge in [0, 0.05) is 17.7 Å². The predicted molar refractivity (Wildman–Crippen MR) is 105 cm³/mol. The van der Waals surface area contributed by atoms with Crippen LogP contribution in [0.3, 0.4) is 0 Å². The minimum absolute atomic E-state index is 0. The van der Waals surface area contributed by atoms with Crippen molar-refractivity contribution in [3.63, 3.8) is 0 Å². The second kappa shape index (κ2) is 17.4. The maximum atomic E-state index is 12.2. The Hall–Kier alpha value is -0.150. The summed E-state index contributed by atoms with van der Waals surface area (Å²) in [6.07, 6.45) is 1.96. The largest absolute Gasteiger partial charge is 1.00 e. The van der Waals surface area contributed by atoms with Crippen LogP contribution in [-0.2, 0) is 22.4 Å². The molecule has 0 fully saturated rings. The number of nitrogens with zero attached hydrogens (tertiary/aromatic N) is 1. The molecule has 1 atom stereocenters. The zero-order chi connectivity index (χ0) is 22.5. The fourth-order valence-corrected chi connectivity index (χ4v) is 3.17. The van der Waals surface area contributed by atoms with E-state index in [0.717, 1.165) is 11.1 Å². The molecule has 15 heteroatoms. The number of carbonyl (C=O) groups is 3. The average Bonchev–Trinajstić information content (AvgIpc) is 3.12. The van der Waals surface area contributed by atoms with Crippen molar-refractivity contribution in [3.05, 3.63) is 57.5 Å². The van der Waals surface area contributed by atoms with E-state index in [-0.39, 0.29) is 142 Å². The zero-order valence-electron chi connectivity index (χ0n) is 20.3. The van der Waals surface area contributed by atoms with Crippen LogP contribution in [0.15, 0.2) is 35.3 Å². The van der Waals surface area contributed by atoms with Crippen LogP contribution in [0, 0.1) is 0 Å². The number of aromatic amines is 2. The number of nitrogens with one attached hydrogen (secondary N) is 3. The predicted octanol–water partition coefficient (Wildman–Crippen LogP) is -14.0. The Morgan fingerprint density at radius 2 is 1.66 bits per heavy atom. The summed E-state index contributed by atoms with van der Waals surface area (Å²) in [5, 5.41) is 24.3. The molecule has 0 aliphatic heterocycles. The van der Waals surface area contributed by atoms with Crippen molar-refractivity contribution >= 4 is 34.8 Å². The smallest absolute Gasteiger partial charge is 0.550 e. The maximum Gasteiger partial charge on any atom is 1.00 e. The molecule has 0 spiro atoms. The van der Waals surface area contributed by atoms with Gasteiger partial charge in [-0.15, -0.1) is 0 Å². The van der Waals surface area contributed by atoms with Crippen molar-refractivity contribution in [2.75, 3.05) is 5.73 Å². The number of aliphatic carboxylic acids is 2. The van der Waals surface area contributed by atoms with Crippen LogP contribution in [0.1, 0.15) is 34.3 Å². The quantitative estimate of drug-likeness (QED) is 0.201. The number of carboxylic acids is 2. The number of anilines is 1. The van der Waals surface area contributed by atoms with Crippen LogP contribution in [0.2, 0.25) is 0 Å². The van der Waals surface area contributed by atoms with E-state index in [1.807, 2.05) is 0 Å². The van der Waals surface area contributed by atoms with E-state index in [0.29, 0.717) is 23.9 Å². The summed E-state index contributed by atoms with van der Waals surface area (Å²) in [6.45, 7) is 0. The number of hydrogen-bond acceptors (Lipinski definition) is 8. The maximum absolute atomic E-state index is 12.2. The molecule has 35 heavy (non-hydrogen) atoms. The molecule has 5 N–H and O–H groups in total. The van der Waals surface area contributed by atoms with Gasteiger partial charge in [-0.3, -0.25) is 14.6 Å². The van der Waals surface area contributed by atoms with Gasteiger partial charge in [-0.05, 0) is 48.9 Å². The van der Waals surface area contributed by atoms with E-state index in [1.165, 1.54) is 12.1 Å². The van der Waals surface area contributed by atoms with E-state index in [1.54, 1.807) is 18.3 Å². The molecule has 0 saturated carbocycles. The van der Waals surface area contributed by atoms with Gasteiger partial charge in [0.25, 0.3) is 11.5 Å². The molecule has 0 aliphatic carbocycles. The van der Waals surface area contributed by atoms with Gasteiger partial charge in [-0.25, -0.2) is 0 Å². The number of carbonyl (C=O) groups excluding carboxylic acids is 3. The number of amides is 1. The number of fused-ring (bicyclic) bond motifs is 1. The molecule has 3 aromatic rings. The Morgan fingerprint density at radius 1 is 1.03 bits per heavy atom. The first-order chi connectivity index (χ1) is 14.7. The normalized spacial score (nSPS) is 10.5. The van der Waals surface area contributed by atoms with Crippen molar-refractivity contribution in [1.82, 2.24) is 20.3 Å². The summed E-state index contributed by atoms with van der Waals surface area (Å²) in [4.78, 5) is 55.4. The van der Waals surface area contributed by atoms with Gasteiger partial charge < -0.3 is 35.8 Å². The first kappa shape index (κ1) is 37.0. The van der Waals surface area contributed by atoms with Gasteiger partial charge in [-0.2, -0.15) is 4.98 Å². The van der Waals surface area contributed by atoms with Crippen molar-refractivity contribution in [2.45, 2.75) is 31.7 Å². The molecule has 11 nitrogen and oxygen atoms in total. The monoisotopic (exact) mass is 517 g/mol. The van der Waals surface area contributed by atoms with E-state index < -0.39 is 30.3 Å². The SMILES string of the molecule is Nc1nc2[nH]cc(CCc3ccc(C(=O)N[C@@H](CCC(=O)[O-])C(=O)[O-])cc3)c2c(=O)[nH]1.[Na+].[Na+].[Na+].[Na+]. The number of benzene rings is 1. The van der Waals surface area contributed by atoms with Gasteiger partial charge in [-0.1, -0.05) is 12.1 Å². The summed E-state index contributed by atoms with van der Waals surface area (Å²) in [7, 11) is 0. The Bertz CT molecular complexity index is 1200. The molecule has 0 aliphatic rings. The van der Waals surface area contributed by atoms with Crippen molar-refractivity contribution in [3.8, 4) is 0 Å². The molecule has 1 amide bonds. The molecule has 0 bridgehead atoms. The van der Waals surface area contributed by atoms with Gasteiger partial charge in [0.05, 0.1) is 17.4 Å². The molecule has 0 saturated heterocycles. The number of aromatic nitrogens is 3. The molecule has 0 unspecified atom stereocenters. The summed E-state index contributed by atoms with van der Waals surface area (Å²) in [5.41, 5.74) is 7.49. The van der Waals surface area contributed by atoms with E-state index in [4.69, 9.17) is 5.73 Å². The van der Waals surface area contributed by atoms with Crippen LogP contribution in [0.5, 0.6) is 0 Å². The van der Waals surface area contributed by atoms with E-state index in [2.05, 4.69) is 20.3 Å². The fraction of sp³-hybridized carbons (Fsp3) is 0.250. The molecule has 3 rings (SSSR count). The number of carboxylic acid groups (broad SMARTS) is 2. The second-order valence-electron chi connectivity index (χ2n) is 6.94. The topological polar surface area (TPSA) is 197 Å². The van der Waals surface area contributed by atoms with Crippen molar-refractivity contribution < 1.29 is 143 Å². The third kappa shape index (κ3) is 10.6. The number of aryl methyl sites for hydroxylation is 2. The zero-order valence-corrected chi connectivity index (χ0v) is 28.3. The Kier molecular flexibility index (Phi) is 18.4. The van der Waals surface area contributed by atoms with Crippen LogP contribution in [-0.4, -0.2) is 38.8 Å². The molecule has 2 heterocycles. The molecule has 2 aromatic heterocycles. The van der Waals surface area contributed by atoms with Crippen molar-refractivity contribution in [2.24, 2.45) is 0 Å². The van der Waals surface area contributed by atoms with Crippen molar-refractivity contribution in [1.29, 1.82) is 0 Å². The van der Waals surface area contributed by atoms with Gasteiger partial charge in [0.1, 0.15) is 5.65 Å². The fourth-order valence-electron chi connectivity index (χ4n) is 3.17. The van der Waals surface area contributed by atoms with Crippen LogP contribution in [0.25, 0.3) is 11.0 Å². The minimum Gasteiger partial charge on any atom is -0.550 e. The van der Waals surface area contributed by atoms with Crippen LogP contribution < -0.4 is 145 Å². The standard InChI is InChI=1S/C20H21N5O6.4Na/c21-20-24-16-15(18(29)25-20)12(9-22-16)6-3-10-1-4-11(5-2-10)17(28)23-13(19(30)31)7-8-14(26)27;;;;/h1-2,4-5,9,13H,3,6-8H2,(H,23,28)(H,26,27)(H,30,31)(H4,21,22,24,25,29);;;;/q;4*+1/p-2/t13-;;;;/m0..../s1.